The van der Waals surface area contributed by atoms with Crippen LogP contribution in [0.1, 0.15) is 12.3 Å². The van der Waals surface area contributed by atoms with E-state index in [-0.39, 0.29) is 19.0 Å². The van der Waals surface area contributed by atoms with Gasteiger partial charge in [-0.3, -0.25) is 14.7 Å². The molecule has 9 heteroatoms. The van der Waals surface area contributed by atoms with Crippen molar-refractivity contribution in [2.24, 2.45) is 5.92 Å². The van der Waals surface area contributed by atoms with Gasteiger partial charge in [0.2, 0.25) is 11.8 Å². The number of aliphatic hydroxyl groups excluding tert-OH is 2. The predicted molar refractivity (Wildman–Crippen MR) is 82.7 cm³/mol. The third-order valence-electron chi connectivity index (χ3n) is 3.75. The van der Waals surface area contributed by atoms with Gasteiger partial charge in [0.25, 0.3) is 6.47 Å². The van der Waals surface area contributed by atoms with Crippen molar-refractivity contribution in [3.63, 3.8) is 0 Å². The molecule has 1 aliphatic rings. The number of nitrogens with zero attached hydrogens (tertiary/aromatic N) is 4. The van der Waals surface area contributed by atoms with E-state index in [2.05, 4.69) is 20.1 Å². The first-order chi connectivity index (χ1) is 11.7. The summed E-state index contributed by atoms with van der Waals surface area (Å²) < 4.78 is 5.64. The van der Waals surface area contributed by atoms with Crippen molar-refractivity contribution in [1.82, 2.24) is 20.1 Å². The summed E-state index contributed by atoms with van der Waals surface area (Å²) >= 11 is 0. The third-order valence-corrected chi connectivity index (χ3v) is 3.75. The summed E-state index contributed by atoms with van der Waals surface area (Å²) in [7, 11) is 0. The summed E-state index contributed by atoms with van der Waals surface area (Å²) in [6, 6.07) is 3.68. The molecule has 2 aromatic rings. The Morgan fingerprint density at radius 2 is 2.21 bits per heavy atom. The molecule has 0 aromatic carbocycles. The van der Waals surface area contributed by atoms with Crippen LogP contribution in [0.2, 0.25) is 0 Å². The van der Waals surface area contributed by atoms with Gasteiger partial charge in [-0.25, -0.2) is 0 Å². The maximum Gasteiger partial charge on any atom is 0.290 e. The van der Waals surface area contributed by atoms with Gasteiger partial charge < -0.3 is 19.7 Å². The van der Waals surface area contributed by atoms with E-state index in [1.165, 1.54) is 0 Å². The highest BCUT2D eigenvalue weighted by Gasteiger charge is 2.28. The molecule has 9 nitrogen and oxygen atoms in total. The Kier molecular flexibility index (Phi) is 6.79. The fourth-order valence-electron chi connectivity index (χ4n) is 2.53. The van der Waals surface area contributed by atoms with E-state index in [9.17, 15) is 10.2 Å². The van der Waals surface area contributed by atoms with Crippen molar-refractivity contribution >= 4 is 6.47 Å². The van der Waals surface area contributed by atoms with Crippen LogP contribution in [0.4, 0.5) is 0 Å². The van der Waals surface area contributed by atoms with Gasteiger partial charge in [-0.2, -0.15) is 0 Å². The standard InChI is InChI=1S/C14H18N4O3.CH2O2/c19-9-11-7-18(5-3-12(11)20)8-13-16-17-14(21-13)10-2-1-4-15-6-10;2-1-3/h1-2,4,6,11-12,19-20H,3,5,7-9H2;1H,(H,2,3)/t11-,12-;/m0./s1. The summed E-state index contributed by atoms with van der Waals surface area (Å²) in [6.45, 7) is 1.64. The Balaban J connectivity index is 0.000000647. The number of carbonyl (C=O) groups is 1. The van der Waals surface area contributed by atoms with E-state index in [0.717, 1.165) is 12.1 Å². The number of pyridine rings is 1. The van der Waals surface area contributed by atoms with Crippen molar-refractivity contribution < 1.29 is 24.5 Å². The van der Waals surface area contributed by atoms with Crippen molar-refractivity contribution in [2.75, 3.05) is 19.7 Å². The minimum absolute atomic E-state index is 0.0115. The van der Waals surface area contributed by atoms with Crippen LogP contribution in [0.25, 0.3) is 11.5 Å². The van der Waals surface area contributed by atoms with Gasteiger partial charge in [0, 0.05) is 38.0 Å². The van der Waals surface area contributed by atoms with E-state index in [1.54, 1.807) is 12.4 Å². The number of aliphatic hydroxyl groups is 2. The SMILES string of the molecule is O=CO.OC[C@@H]1CN(Cc2nnc(-c3cccnc3)o2)CC[C@@H]1O. The Bertz CT molecular complexity index is 621. The Morgan fingerprint density at radius 1 is 1.42 bits per heavy atom. The second-order valence-corrected chi connectivity index (χ2v) is 5.38. The fourth-order valence-corrected chi connectivity index (χ4v) is 2.53. The molecule has 3 rings (SSSR count). The van der Waals surface area contributed by atoms with Crippen LogP contribution in [0.15, 0.2) is 28.9 Å². The monoisotopic (exact) mass is 336 g/mol. The van der Waals surface area contributed by atoms with E-state index in [0.29, 0.717) is 31.3 Å². The van der Waals surface area contributed by atoms with Crippen LogP contribution in [0.3, 0.4) is 0 Å². The summed E-state index contributed by atoms with van der Waals surface area (Å²) in [4.78, 5) is 14.5. The quantitative estimate of drug-likeness (QED) is 0.660. The second kappa shape index (κ2) is 9.06. The van der Waals surface area contributed by atoms with Gasteiger partial charge in [-0.05, 0) is 18.6 Å². The lowest BCUT2D eigenvalue weighted by molar-refractivity contribution is -0.122. The Hall–Kier alpha value is -2.36. The number of rotatable bonds is 4. The highest BCUT2D eigenvalue weighted by Crippen LogP contribution is 2.20. The number of piperidine rings is 1. The smallest absolute Gasteiger partial charge is 0.290 e. The molecule has 130 valence electrons. The topological polar surface area (TPSA) is 133 Å². The van der Waals surface area contributed by atoms with Crippen LogP contribution in [0, 0.1) is 5.92 Å². The molecule has 0 spiro atoms. The lowest BCUT2D eigenvalue weighted by atomic mass is 9.96. The first kappa shape index (κ1) is 18.0. The molecule has 0 radical (unpaired) electrons. The van der Waals surface area contributed by atoms with Gasteiger partial charge in [0.05, 0.1) is 18.2 Å². The molecule has 1 saturated heterocycles. The third kappa shape index (κ3) is 4.82. The molecule has 3 heterocycles. The molecular formula is C15H20N4O5. The van der Waals surface area contributed by atoms with E-state index in [1.807, 2.05) is 12.1 Å². The van der Waals surface area contributed by atoms with Gasteiger partial charge in [-0.15, -0.1) is 10.2 Å². The molecule has 2 aromatic heterocycles. The zero-order valence-electron chi connectivity index (χ0n) is 13.0. The minimum atomic E-state index is -0.431. The van der Waals surface area contributed by atoms with Crippen LogP contribution < -0.4 is 0 Å². The molecule has 1 fully saturated rings. The number of aromatic nitrogens is 3. The van der Waals surface area contributed by atoms with Crippen molar-refractivity contribution in [1.29, 1.82) is 0 Å². The molecule has 0 saturated carbocycles. The second-order valence-electron chi connectivity index (χ2n) is 5.38. The van der Waals surface area contributed by atoms with Crippen molar-refractivity contribution in [3.05, 3.63) is 30.4 Å². The summed E-state index contributed by atoms with van der Waals surface area (Å²) in [5.41, 5.74) is 0.790. The molecule has 0 unspecified atom stereocenters. The molecular weight excluding hydrogens is 316 g/mol. The largest absolute Gasteiger partial charge is 0.483 e. The number of hydrogen-bond donors (Lipinski definition) is 3. The first-order valence-electron chi connectivity index (χ1n) is 7.49. The van der Waals surface area contributed by atoms with Gasteiger partial charge in [0.1, 0.15) is 0 Å². The summed E-state index contributed by atoms with van der Waals surface area (Å²) in [5.74, 6) is 0.871. The van der Waals surface area contributed by atoms with Crippen molar-refractivity contribution in [3.8, 4) is 11.5 Å². The van der Waals surface area contributed by atoms with Crippen LogP contribution in [-0.2, 0) is 11.3 Å². The van der Waals surface area contributed by atoms with Crippen LogP contribution in [-0.4, -0.2) is 67.7 Å². The zero-order chi connectivity index (χ0) is 17.4. The zero-order valence-corrected chi connectivity index (χ0v) is 13.0. The normalized spacial score (nSPS) is 20.9. The van der Waals surface area contributed by atoms with Crippen LogP contribution >= 0.6 is 0 Å². The molecule has 24 heavy (non-hydrogen) atoms. The summed E-state index contributed by atoms with van der Waals surface area (Å²) in [5, 5.41) is 34.0. The number of likely N-dealkylation sites (tertiary alicyclic amines) is 1. The minimum Gasteiger partial charge on any atom is -0.483 e. The highest BCUT2D eigenvalue weighted by atomic mass is 16.4. The maximum absolute atomic E-state index is 9.76. The van der Waals surface area contributed by atoms with E-state index < -0.39 is 6.10 Å². The van der Waals surface area contributed by atoms with Crippen LogP contribution in [0.5, 0.6) is 0 Å². The van der Waals surface area contributed by atoms with Gasteiger partial charge in [0.15, 0.2) is 0 Å². The molecule has 0 amide bonds. The molecule has 1 aliphatic heterocycles. The average Bonchev–Trinajstić information content (AvgIpc) is 3.07. The molecule has 0 aliphatic carbocycles. The maximum atomic E-state index is 9.76. The lowest BCUT2D eigenvalue weighted by Gasteiger charge is -2.34. The molecule has 2 atom stereocenters. The summed E-state index contributed by atoms with van der Waals surface area (Å²) in [6.07, 6.45) is 3.58. The average molecular weight is 336 g/mol. The Labute approximate surface area is 138 Å². The first-order valence-corrected chi connectivity index (χ1v) is 7.49. The van der Waals surface area contributed by atoms with Crippen molar-refractivity contribution in [2.45, 2.75) is 19.1 Å². The van der Waals surface area contributed by atoms with Gasteiger partial charge in [-0.1, -0.05) is 0 Å². The van der Waals surface area contributed by atoms with Gasteiger partial charge >= 0.3 is 0 Å². The fraction of sp³-hybridized carbons (Fsp3) is 0.467. The predicted octanol–water partition coefficient (Wildman–Crippen LogP) is 0.00750. The molecule has 3 N–H and O–H groups in total. The van der Waals surface area contributed by atoms with E-state index in [4.69, 9.17) is 14.3 Å². The number of carboxylic acid groups (broad SMARTS) is 1. The van der Waals surface area contributed by atoms with E-state index >= 15 is 0 Å². The highest BCUT2D eigenvalue weighted by molar-refractivity contribution is 5.49. The molecule has 0 bridgehead atoms. The Morgan fingerprint density at radius 3 is 2.88 bits per heavy atom. The number of hydrogen-bond acceptors (Lipinski definition) is 8. The lowest BCUT2D eigenvalue weighted by Crippen LogP contribution is -2.44.